The molecule has 1 atom stereocenters. The van der Waals surface area contributed by atoms with Crippen LogP contribution in [0.3, 0.4) is 0 Å². The number of hydrogen-bond donors (Lipinski definition) is 1. The van der Waals surface area contributed by atoms with Gasteiger partial charge in [-0.15, -0.1) is 0 Å². The molecule has 0 aromatic rings. The van der Waals surface area contributed by atoms with Crippen LogP contribution in [0.4, 0.5) is 0 Å². The highest BCUT2D eigenvalue weighted by atomic mass is 28.3. The Morgan fingerprint density at radius 1 is 1.46 bits per heavy atom. The summed E-state index contributed by atoms with van der Waals surface area (Å²) in [5, 5.41) is 9.25. The van der Waals surface area contributed by atoms with Crippen LogP contribution in [-0.2, 0) is 0 Å². The number of aliphatic hydroxyl groups is 1. The lowest BCUT2D eigenvalue weighted by Gasteiger charge is -2.25. The maximum atomic E-state index is 9.25. The average Bonchev–Trinajstić information content (AvgIpc) is 1.91. The SMILES string of the molecule is C[Si](C)(C)CC(CO)CC1=CCC1. The normalized spacial score (nSPS) is 19.2. The fourth-order valence-corrected chi connectivity index (χ4v) is 3.98. The van der Waals surface area contributed by atoms with E-state index in [2.05, 4.69) is 25.7 Å². The highest BCUT2D eigenvalue weighted by molar-refractivity contribution is 6.76. The van der Waals surface area contributed by atoms with E-state index in [1.807, 2.05) is 0 Å². The van der Waals surface area contributed by atoms with Gasteiger partial charge in [-0.25, -0.2) is 0 Å². The van der Waals surface area contributed by atoms with E-state index in [1.54, 1.807) is 5.57 Å². The molecule has 1 unspecified atom stereocenters. The lowest BCUT2D eigenvalue weighted by atomic mass is 9.90. The Labute approximate surface area is 82.9 Å². The van der Waals surface area contributed by atoms with Gasteiger partial charge in [-0.05, 0) is 25.2 Å². The first-order valence-corrected chi connectivity index (χ1v) is 9.01. The van der Waals surface area contributed by atoms with Gasteiger partial charge in [0.25, 0.3) is 0 Å². The molecule has 0 amide bonds. The second kappa shape index (κ2) is 4.42. The molecule has 0 radical (unpaired) electrons. The van der Waals surface area contributed by atoms with Gasteiger partial charge in [0, 0.05) is 14.7 Å². The van der Waals surface area contributed by atoms with E-state index in [0.717, 1.165) is 6.42 Å². The average molecular weight is 198 g/mol. The van der Waals surface area contributed by atoms with Crippen molar-refractivity contribution in [2.45, 2.75) is 44.9 Å². The zero-order valence-corrected chi connectivity index (χ0v) is 10.1. The van der Waals surface area contributed by atoms with E-state index in [1.165, 1.54) is 18.9 Å². The van der Waals surface area contributed by atoms with Crippen molar-refractivity contribution in [3.8, 4) is 0 Å². The molecule has 2 heteroatoms. The standard InChI is InChI=1S/C11H22OSi/c1-13(2,3)9-11(8-12)7-10-5-4-6-10/h5,11-12H,4,6-9H2,1-3H3. The van der Waals surface area contributed by atoms with Gasteiger partial charge in [-0.1, -0.05) is 37.3 Å². The van der Waals surface area contributed by atoms with Gasteiger partial charge in [0.2, 0.25) is 0 Å². The first kappa shape index (κ1) is 11.0. The predicted molar refractivity (Wildman–Crippen MR) is 60.7 cm³/mol. The Bertz CT molecular complexity index is 191. The van der Waals surface area contributed by atoms with Gasteiger partial charge in [-0.2, -0.15) is 0 Å². The van der Waals surface area contributed by atoms with E-state index < -0.39 is 8.07 Å². The van der Waals surface area contributed by atoms with Crippen LogP contribution in [0.1, 0.15) is 19.3 Å². The molecule has 1 nitrogen and oxygen atoms in total. The molecule has 1 aliphatic rings. The molecule has 0 saturated heterocycles. The molecule has 1 aliphatic carbocycles. The number of hydrogen-bond acceptors (Lipinski definition) is 1. The van der Waals surface area contributed by atoms with Crippen molar-refractivity contribution in [3.63, 3.8) is 0 Å². The number of aliphatic hydroxyl groups excluding tert-OH is 1. The topological polar surface area (TPSA) is 20.2 Å². The molecule has 1 rings (SSSR count). The fraction of sp³-hybridized carbons (Fsp3) is 0.818. The van der Waals surface area contributed by atoms with Gasteiger partial charge in [0.1, 0.15) is 0 Å². The van der Waals surface area contributed by atoms with Gasteiger partial charge in [0.05, 0.1) is 0 Å². The van der Waals surface area contributed by atoms with Crippen LogP contribution >= 0.6 is 0 Å². The highest BCUT2D eigenvalue weighted by Gasteiger charge is 2.21. The van der Waals surface area contributed by atoms with Gasteiger partial charge < -0.3 is 5.11 Å². The minimum atomic E-state index is -0.984. The van der Waals surface area contributed by atoms with Crippen LogP contribution in [0.25, 0.3) is 0 Å². The summed E-state index contributed by atoms with van der Waals surface area (Å²) >= 11 is 0. The molecular weight excluding hydrogens is 176 g/mol. The Morgan fingerprint density at radius 2 is 2.08 bits per heavy atom. The van der Waals surface area contributed by atoms with Gasteiger partial charge >= 0.3 is 0 Å². The summed E-state index contributed by atoms with van der Waals surface area (Å²) in [6.07, 6.45) is 6.02. The summed E-state index contributed by atoms with van der Waals surface area (Å²) in [7, 11) is -0.984. The van der Waals surface area contributed by atoms with Crippen molar-refractivity contribution in [2.75, 3.05) is 6.61 Å². The largest absolute Gasteiger partial charge is 0.396 e. The Morgan fingerprint density at radius 3 is 2.38 bits per heavy atom. The maximum absolute atomic E-state index is 9.25. The molecule has 0 bridgehead atoms. The van der Waals surface area contributed by atoms with Crippen molar-refractivity contribution >= 4 is 8.07 Å². The number of rotatable bonds is 5. The van der Waals surface area contributed by atoms with E-state index in [4.69, 9.17) is 0 Å². The van der Waals surface area contributed by atoms with E-state index in [-0.39, 0.29) is 0 Å². The van der Waals surface area contributed by atoms with Crippen molar-refractivity contribution in [2.24, 2.45) is 5.92 Å². The van der Waals surface area contributed by atoms with E-state index in [0.29, 0.717) is 12.5 Å². The smallest absolute Gasteiger partial charge is 0.0459 e. The second-order valence-corrected chi connectivity index (χ2v) is 10.9. The molecule has 13 heavy (non-hydrogen) atoms. The molecule has 0 saturated carbocycles. The summed E-state index contributed by atoms with van der Waals surface area (Å²) < 4.78 is 0. The Kier molecular flexibility index (Phi) is 3.74. The summed E-state index contributed by atoms with van der Waals surface area (Å²) in [5.41, 5.74) is 1.58. The summed E-state index contributed by atoms with van der Waals surface area (Å²) in [5.74, 6) is 0.540. The van der Waals surface area contributed by atoms with Crippen LogP contribution in [0, 0.1) is 5.92 Å². The van der Waals surface area contributed by atoms with E-state index in [9.17, 15) is 5.11 Å². The van der Waals surface area contributed by atoms with Gasteiger partial charge in [-0.3, -0.25) is 0 Å². The Balaban J connectivity index is 2.34. The van der Waals surface area contributed by atoms with E-state index >= 15 is 0 Å². The summed E-state index contributed by atoms with van der Waals surface area (Å²) in [4.78, 5) is 0. The molecule has 1 N–H and O–H groups in total. The quantitative estimate of drug-likeness (QED) is 0.532. The molecule has 0 aromatic carbocycles. The third-order valence-corrected chi connectivity index (χ3v) is 4.41. The molecule has 0 aliphatic heterocycles. The zero-order valence-electron chi connectivity index (χ0n) is 9.14. The minimum Gasteiger partial charge on any atom is -0.396 e. The number of allylic oxidation sites excluding steroid dienone is 2. The molecular formula is C11H22OSi. The van der Waals surface area contributed by atoms with Gasteiger partial charge in [0.15, 0.2) is 0 Å². The third kappa shape index (κ3) is 4.10. The molecule has 0 spiro atoms. The van der Waals surface area contributed by atoms with Crippen LogP contribution in [0.15, 0.2) is 11.6 Å². The maximum Gasteiger partial charge on any atom is 0.0459 e. The monoisotopic (exact) mass is 198 g/mol. The second-order valence-electron chi connectivity index (χ2n) is 5.42. The summed E-state index contributed by atoms with van der Waals surface area (Å²) in [6, 6.07) is 1.26. The van der Waals surface area contributed by atoms with Crippen LogP contribution in [-0.4, -0.2) is 19.8 Å². The van der Waals surface area contributed by atoms with Crippen LogP contribution in [0.5, 0.6) is 0 Å². The summed E-state index contributed by atoms with van der Waals surface area (Å²) in [6.45, 7) is 7.52. The van der Waals surface area contributed by atoms with Crippen molar-refractivity contribution < 1.29 is 5.11 Å². The Hall–Kier alpha value is -0.0831. The van der Waals surface area contributed by atoms with Crippen molar-refractivity contribution in [3.05, 3.63) is 11.6 Å². The van der Waals surface area contributed by atoms with Crippen molar-refractivity contribution in [1.82, 2.24) is 0 Å². The fourth-order valence-electron chi connectivity index (χ4n) is 1.97. The third-order valence-electron chi connectivity index (χ3n) is 2.61. The molecule has 76 valence electrons. The first-order chi connectivity index (χ1) is 6.01. The van der Waals surface area contributed by atoms with Crippen LogP contribution < -0.4 is 0 Å². The molecule has 0 fully saturated rings. The minimum absolute atomic E-state index is 0.377. The van der Waals surface area contributed by atoms with Crippen LogP contribution in [0.2, 0.25) is 25.7 Å². The highest BCUT2D eigenvalue weighted by Crippen LogP contribution is 2.29. The molecule has 0 aromatic heterocycles. The predicted octanol–water partition coefficient (Wildman–Crippen LogP) is 3.04. The lowest BCUT2D eigenvalue weighted by molar-refractivity contribution is 0.234. The zero-order chi connectivity index (χ0) is 9.90. The first-order valence-electron chi connectivity index (χ1n) is 5.30. The van der Waals surface area contributed by atoms with Crippen molar-refractivity contribution in [1.29, 1.82) is 0 Å². The molecule has 0 heterocycles. The lowest BCUT2D eigenvalue weighted by Crippen LogP contribution is -2.26.